The summed E-state index contributed by atoms with van der Waals surface area (Å²) in [7, 11) is 0.930. The Kier molecular flexibility index (Phi) is 13.9. The van der Waals surface area contributed by atoms with E-state index in [1.165, 1.54) is 0 Å². The lowest BCUT2D eigenvalue weighted by Gasteiger charge is -2.25. The van der Waals surface area contributed by atoms with E-state index in [9.17, 15) is 9.00 Å². The van der Waals surface area contributed by atoms with Gasteiger partial charge in [0.2, 0.25) is 5.91 Å². The lowest BCUT2D eigenvalue weighted by molar-refractivity contribution is -0.131. The van der Waals surface area contributed by atoms with E-state index in [4.69, 9.17) is 0 Å². The second kappa shape index (κ2) is 12.9. The maximum Gasteiger partial charge on any atom is 0.242 e. The highest BCUT2D eigenvalue weighted by atomic mass is 127. The van der Waals surface area contributed by atoms with Crippen molar-refractivity contribution in [2.24, 2.45) is 4.99 Å². The number of likely N-dealkylation sites (N-methyl/N-ethyl adjacent to an activating group) is 2. The predicted molar refractivity (Wildman–Crippen MR) is 115 cm³/mol. The predicted octanol–water partition coefficient (Wildman–Crippen LogP) is 1.92. The molecule has 0 aliphatic rings. The first-order valence-corrected chi connectivity index (χ1v) is 9.64. The number of carbonyl (C=O) groups excluding carboxylic acids is 1. The smallest absolute Gasteiger partial charge is 0.242 e. The minimum absolute atomic E-state index is 0. The zero-order valence-electron chi connectivity index (χ0n) is 16.2. The fourth-order valence-corrected chi connectivity index (χ4v) is 2.83. The minimum atomic E-state index is -0.920. The van der Waals surface area contributed by atoms with Crippen LogP contribution in [0.4, 0.5) is 0 Å². The van der Waals surface area contributed by atoms with Crippen molar-refractivity contribution in [2.45, 2.75) is 46.3 Å². The van der Waals surface area contributed by atoms with Crippen LogP contribution in [0.3, 0.4) is 0 Å². The van der Waals surface area contributed by atoms with Crippen molar-refractivity contribution in [3.63, 3.8) is 0 Å². The van der Waals surface area contributed by atoms with Gasteiger partial charge in [0.15, 0.2) is 5.96 Å². The van der Waals surface area contributed by atoms with Crippen molar-refractivity contribution < 1.29 is 9.00 Å². The molecular formula is C16H35IN4O2S. The van der Waals surface area contributed by atoms with E-state index in [1.54, 1.807) is 4.90 Å². The molecule has 1 amide bonds. The summed E-state index contributed by atoms with van der Waals surface area (Å²) >= 11 is 0. The molecule has 0 aliphatic carbocycles. The Balaban J connectivity index is 0. The molecule has 0 saturated heterocycles. The van der Waals surface area contributed by atoms with E-state index >= 15 is 0 Å². The van der Waals surface area contributed by atoms with Gasteiger partial charge in [0.25, 0.3) is 0 Å². The lowest BCUT2D eigenvalue weighted by Crippen LogP contribution is -2.45. The Morgan fingerprint density at radius 1 is 1.17 bits per heavy atom. The summed E-state index contributed by atoms with van der Waals surface area (Å²) < 4.78 is 11.8. The summed E-state index contributed by atoms with van der Waals surface area (Å²) in [6.45, 7) is 14.8. The number of nitrogens with zero attached hydrogens (tertiary/aromatic N) is 3. The van der Waals surface area contributed by atoms with E-state index in [1.807, 2.05) is 53.5 Å². The third-order valence-electron chi connectivity index (χ3n) is 3.41. The van der Waals surface area contributed by atoms with E-state index in [0.717, 1.165) is 6.54 Å². The fraction of sp³-hybridized carbons (Fsp3) is 0.875. The van der Waals surface area contributed by atoms with Crippen molar-refractivity contribution in [1.82, 2.24) is 15.1 Å². The Morgan fingerprint density at radius 2 is 1.71 bits per heavy atom. The molecular weight excluding hydrogens is 439 g/mol. The zero-order chi connectivity index (χ0) is 18.0. The van der Waals surface area contributed by atoms with Crippen LogP contribution in [0.25, 0.3) is 0 Å². The van der Waals surface area contributed by atoms with Crippen molar-refractivity contribution >= 4 is 46.6 Å². The number of nitrogens with one attached hydrogen (secondary N) is 1. The molecule has 0 aromatic rings. The van der Waals surface area contributed by atoms with E-state index in [2.05, 4.69) is 10.3 Å². The first kappa shape index (κ1) is 25.9. The summed E-state index contributed by atoms with van der Waals surface area (Å²) in [5, 5.41) is 3.18. The van der Waals surface area contributed by atoms with Gasteiger partial charge in [-0.15, -0.1) is 24.0 Å². The van der Waals surface area contributed by atoms with Crippen LogP contribution in [-0.4, -0.2) is 76.1 Å². The molecule has 0 saturated carbocycles. The average Bonchev–Trinajstić information content (AvgIpc) is 2.46. The Labute approximate surface area is 167 Å². The van der Waals surface area contributed by atoms with Crippen LogP contribution in [0.1, 0.15) is 41.5 Å². The van der Waals surface area contributed by atoms with Crippen LogP contribution in [0.5, 0.6) is 0 Å². The van der Waals surface area contributed by atoms with Crippen LogP contribution in [-0.2, 0) is 15.6 Å². The van der Waals surface area contributed by atoms with Gasteiger partial charge in [-0.25, -0.2) is 0 Å². The monoisotopic (exact) mass is 474 g/mol. The highest BCUT2D eigenvalue weighted by Gasteiger charge is 2.19. The van der Waals surface area contributed by atoms with Crippen LogP contribution in [0, 0.1) is 0 Å². The third-order valence-corrected chi connectivity index (χ3v) is 5.33. The van der Waals surface area contributed by atoms with Crippen molar-refractivity contribution in [3.05, 3.63) is 0 Å². The average molecular weight is 474 g/mol. The second-order valence-electron chi connectivity index (χ2n) is 6.32. The standard InChI is InChI=1S/C16H34N4O2S.HI/c1-8-17-15(18-11-12-23(22)16(4,5)6)19(7)13-14(21)20(9-2)10-3;/h8-13H2,1-7H3,(H,17,18);1H. The molecule has 1 unspecified atom stereocenters. The summed E-state index contributed by atoms with van der Waals surface area (Å²) in [4.78, 5) is 20.3. The summed E-state index contributed by atoms with van der Waals surface area (Å²) in [6.07, 6.45) is 0. The van der Waals surface area contributed by atoms with Gasteiger partial charge < -0.3 is 15.1 Å². The van der Waals surface area contributed by atoms with Gasteiger partial charge in [0.1, 0.15) is 0 Å². The number of rotatable bonds is 8. The maximum absolute atomic E-state index is 12.2. The first-order valence-electron chi connectivity index (χ1n) is 8.32. The van der Waals surface area contributed by atoms with Gasteiger partial charge in [-0.1, -0.05) is 0 Å². The van der Waals surface area contributed by atoms with Crippen molar-refractivity contribution in [2.75, 3.05) is 45.5 Å². The molecule has 0 fully saturated rings. The second-order valence-corrected chi connectivity index (χ2v) is 8.64. The number of halogens is 1. The molecule has 0 aliphatic heterocycles. The first-order chi connectivity index (χ1) is 10.7. The topological polar surface area (TPSA) is 65.0 Å². The normalized spacial score (nSPS) is 13.0. The number of aliphatic imine (C=N–C) groups is 1. The molecule has 0 heterocycles. The fourth-order valence-electron chi connectivity index (χ4n) is 1.96. The molecule has 0 aromatic carbocycles. The number of guanidine groups is 1. The quantitative estimate of drug-likeness (QED) is 0.332. The number of carbonyl (C=O) groups is 1. The summed E-state index contributed by atoms with van der Waals surface area (Å²) in [5.41, 5.74) is 0. The van der Waals surface area contributed by atoms with Gasteiger partial charge in [-0.05, 0) is 41.5 Å². The Bertz CT molecular complexity index is 421. The van der Waals surface area contributed by atoms with Gasteiger partial charge in [-0.2, -0.15) is 0 Å². The highest BCUT2D eigenvalue weighted by molar-refractivity contribution is 14.0. The van der Waals surface area contributed by atoms with E-state index in [0.29, 0.717) is 31.3 Å². The van der Waals surface area contributed by atoms with Gasteiger partial charge in [0.05, 0.1) is 13.1 Å². The minimum Gasteiger partial charge on any atom is -0.357 e. The van der Waals surface area contributed by atoms with Crippen LogP contribution in [0.15, 0.2) is 4.99 Å². The van der Waals surface area contributed by atoms with Crippen LogP contribution < -0.4 is 5.32 Å². The van der Waals surface area contributed by atoms with Gasteiger partial charge in [0, 0.05) is 48.0 Å². The molecule has 0 radical (unpaired) electrons. The Morgan fingerprint density at radius 3 is 2.12 bits per heavy atom. The van der Waals surface area contributed by atoms with Gasteiger partial charge in [-0.3, -0.25) is 14.0 Å². The van der Waals surface area contributed by atoms with Crippen molar-refractivity contribution in [1.29, 1.82) is 0 Å². The molecule has 24 heavy (non-hydrogen) atoms. The van der Waals surface area contributed by atoms with Gasteiger partial charge >= 0.3 is 0 Å². The van der Waals surface area contributed by atoms with E-state index in [-0.39, 0.29) is 41.2 Å². The molecule has 1 atom stereocenters. The summed E-state index contributed by atoms with van der Waals surface area (Å²) in [6, 6.07) is 0. The zero-order valence-corrected chi connectivity index (χ0v) is 19.4. The molecule has 6 nitrogen and oxygen atoms in total. The molecule has 0 spiro atoms. The van der Waals surface area contributed by atoms with Crippen LogP contribution in [0.2, 0.25) is 0 Å². The number of amides is 1. The molecule has 0 bridgehead atoms. The van der Waals surface area contributed by atoms with Crippen LogP contribution >= 0.6 is 24.0 Å². The number of hydrogen-bond donors (Lipinski definition) is 1. The molecule has 0 rings (SSSR count). The molecule has 0 aromatic heterocycles. The summed E-state index contributed by atoms with van der Waals surface area (Å²) in [5.74, 6) is 1.29. The largest absolute Gasteiger partial charge is 0.357 e. The van der Waals surface area contributed by atoms with E-state index < -0.39 is 10.8 Å². The Hall–Kier alpha value is -0.380. The highest BCUT2D eigenvalue weighted by Crippen LogP contribution is 2.10. The molecule has 1 N–H and O–H groups in total. The number of hydrogen-bond acceptors (Lipinski definition) is 3. The third kappa shape index (κ3) is 9.80. The molecule has 144 valence electrons. The lowest BCUT2D eigenvalue weighted by atomic mass is 10.3. The SMILES string of the molecule is CCNC(=NCCS(=O)C(C)(C)C)N(C)CC(=O)N(CC)CC.I. The maximum atomic E-state index is 12.2. The van der Waals surface area contributed by atoms with Crippen molar-refractivity contribution in [3.8, 4) is 0 Å². The molecule has 8 heteroatoms.